The topological polar surface area (TPSA) is 65.5 Å². The average molecular weight is 385 g/mol. The van der Waals surface area contributed by atoms with E-state index < -0.39 is 0 Å². The zero-order valence-electron chi connectivity index (χ0n) is 16.7. The molecule has 0 aromatic carbocycles. The van der Waals surface area contributed by atoms with Crippen LogP contribution in [0.3, 0.4) is 0 Å². The molecule has 3 fully saturated rings. The van der Waals surface area contributed by atoms with Gasteiger partial charge in [0.2, 0.25) is 11.8 Å². The summed E-state index contributed by atoms with van der Waals surface area (Å²) in [6.45, 7) is 4.18. The molecule has 1 saturated carbocycles. The number of hydrogen-bond acceptors (Lipinski definition) is 4. The second kappa shape index (κ2) is 9.03. The number of carbonyl (C=O) groups is 2. The Kier molecular flexibility index (Phi) is 6.25. The molecule has 1 aromatic rings. The van der Waals surface area contributed by atoms with Crippen LogP contribution in [0.2, 0.25) is 0 Å². The number of carbonyl (C=O) groups excluding carboxylic acids is 2. The van der Waals surface area contributed by atoms with Crippen molar-refractivity contribution in [2.45, 2.75) is 57.5 Å². The van der Waals surface area contributed by atoms with E-state index in [1.165, 1.54) is 6.42 Å². The molecule has 152 valence electrons. The predicted molar refractivity (Wildman–Crippen MR) is 107 cm³/mol. The quantitative estimate of drug-likeness (QED) is 0.845. The van der Waals surface area contributed by atoms with Gasteiger partial charge in [0.1, 0.15) is 0 Å². The molecule has 6 nitrogen and oxygen atoms in total. The predicted octanol–water partition coefficient (Wildman–Crippen LogP) is 2.20. The number of hydrogen-bond donors (Lipinski definition) is 1. The number of likely N-dealkylation sites (tertiary alicyclic amines) is 2. The smallest absolute Gasteiger partial charge is 0.225 e. The van der Waals surface area contributed by atoms with E-state index in [0.717, 1.165) is 70.4 Å². The molecule has 0 unspecified atom stereocenters. The summed E-state index contributed by atoms with van der Waals surface area (Å²) in [5.74, 6) is 0.897. The van der Waals surface area contributed by atoms with E-state index in [2.05, 4.69) is 20.1 Å². The van der Waals surface area contributed by atoms with Crippen molar-refractivity contribution in [1.29, 1.82) is 0 Å². The minimum absolute atomic E-state index is 0.0621. The lowest BCUT2D eigenvalue weighted by Crippen LogP contribution is -2.52. The summed E-state index contributed by atoms with van der Waals surface area (Å²) >= 11 is 0. The molecule has 3 aliphatic rings. The zero-order chi connectivity index (χ0) is 19.3. The van der Waals surface area contributed by atoms with E-state index in [-0.39, 0.29) is 11.8 Å². The van der Waals surface area contributed by atoms with Crippen LogP contribution in [0.1, 0.15) is 50.6 Å². The SMILES string of the molecule is O=C(NCc1ccccn1)[C@@H]1CCCN(C2CCN(C(=O)C3CCC3)CC2)C1. The molecule has 0 spiro atoms. The molecular weight excluding hydrogens is 352 g/mol. The van der Waals surface area contributed by atoms with Crippen LogP contribution in [-0.4, -0.2) is 58.8 Å². The summed E-state index contributed by atoms with van der Waals surface area (Å²) in [7, 11) is 0. The molecule has 2 aliphatic heterocycles. The summed E-state index contributed by atoms with van der Waals surface area (Å²) < 4.78 is 0. The van der Waals surface area contributed by atoms with Crippen LogP contribution in [0.25, 0.3) is 0 Å². The Labute approximate surface area is 167 Å². The summed E-state index contributed by atoms with van der Waals surface area (Å²) in [6.07, 6.45) is 9.25. The van der Waals surface area contributed by atoms with E-state index >= 15 is 0 Å². The van der Waals surface area contributed by atoms with Crippen LogP contribution in [0.5, 0.6) is 0 Å². The first-order valence-electron chi connectivity index (χ1n) is 10.9. The van der Waals surface area contributed by atoms with Crippen molar-refractivity contribution >= 4 is 11.8 Å². The third kappa shape index (κ3) is 4.54. The second-order valence-corrected chi connectivity index (χ2v) is 8.56. The largest absolute Gasteiger partial charge is 0.350 e. The Balaban J connectivity index is 1.23. The highest BCUT2D eigenvalue weighted by molar-refractivity contribution is 5.80. The summed E-state index contributed by atoms with van der Waals surface area (Å²) in [5, 5.41) is 3.06. The maximum absolute atomic E-state index is 12.6. The van der Waals surface area contributed by atoms with Crippen LogP contribution in [0, 0.1) is 11.8 Å². The molecule has 0 radical (unpaired) electrons. The van der Waals surface area contributed by atoms with Gasteiger partial charge < -0.3 is 10.2 Å². The Hall–Kier alpha value is -1.95. The van der Waals surface area contributed by atoms with Crippen molar-refractivity contribution in [3.63, 3.8) is 0 Å². The maximum Gasteiger partial charge on any atom is 0.225 e. The lowest BCUT2D eigenvalue weighted by atomic mass is 9.84. The van der Waals surface area contributed by atoms with Crippen LogP contribution in [0.15, 0.2) is 24.4 Å². The van der Waals surface area contributed by atoms with Crippen LogP contribution >= 0.6 is 0 Å². The zero-order valence-corrected chi connectivity index (χ0v) is 16.7. The van der Waals surface area contributed by atoms with Crippen molar-refractivity contribution in [2.75, 3.05) is 26.2 Å². The molecule has 1 N–H and O–H groups in total. The highest BCUT2D eigenvalue weighted by atomic mass is 16.2. The molecule has 0 bridgehead atoms. The minimum Gasteiger partial charge on any atom is -0.350 e. The molecule has 1 aromatic heterocycles. The van der Waals surface area contributed by atoms with Gasteiger partial charge in [-0.05, 0) is 57.2 Å². The van der Waals surface area contributed by atoms with Crippen molar-refractivity contribution in [3.05, 3.63) is 30.1 Å². The van der Waals surface area contributed by atoms with Gasteiger partial charge in [0.15, 0.2) is 0 Å². The summed E-state index contributed by atoms with van der Waals surface area (Å²) in [5.41, 5.74) is 0.895. The van der Waals surface area contributed by atoms with Gasteiger partial charge in [0.05, 0.1) is 18.2 Å². The van der Waals surface area contributed by atoms with Crippen LogP contribution < -0.4 is 5.32 Å². The van der Waals surface area contributed by atoms with Gasteiger partial charge in [0, 0.05) is 37.8 Å². The van der Waals surface area contributed by atoms with E-state index in [1.54, 1.807) is 6.20 Å². The first kappa shape index (κ1) is 19.4. The monoisotopic (exact) mass is 384 g/mol. The lowest BCUT2D eigenvalue weighted by Gasteiger charge is -2.43. The van der Waals surface area contributed by atoms with Gasteiger partial charge in [-0.2, -0.15) is 0 Å². The molecule has 1 aliphatic carbocycles. The van der Waals surface area contributed by atoms with Gasteiger partial charge in [0.25, 0.3) is 0 Å². The third-order valence-corrected chi connectivity index (χ3v) is 6.74. The van der Waals surface area contributed by atoms with Crippen molar-refractivity contribution in [3.8, 4) is 0 Å². The number of pyridine rings is 1. The molecule has 1 atom stereocenters. The average Bonchev–Trinajstić information content (AvgIpc) is 2.72. The Morgan fingerprint density at radius 2 is 1.79 bits per heavy atom. The van der Waals surface area contributed by atoms with Gasteiger partial charge >= 0.3 is 0 Å². The van der Waals surface area contributed by atoms with Crippen molar-refractivity contribution < 1.29 is 9.59 Å². The molecule has 3 heterocycles. The Morgan fingerprint density at radius 3 is 2.46 bits per heavy atom. The molecule has 2 amide bonds. The molecule has 2 saturated heterocycles. The fourth-order valence-electron chi connectivity index (χ4n) is 4.74. The Morgan fingerprint density at radius 1 is 1.00 bits per heavy atom. The normalized spacial score (nSPS) is 24.6. The number of rotatable bonds is 5. The Bertz CT molecular complexity index is 668. The first-order chi connectivity index (χ1) is 13.7. The molecular formula is C22H32N4O2. The van der Waals surface area contributed by atoms with Gasteiger partial charge in [-0.3, -0.25) is 19.5 Å². The molecule has 6 heteroatoms. The summed E-state index contributed by atoms with van der Waals surface area (Å²) in [6, 6.07) is 6.28. The van der Waals surface area contributed by atoms with Gasteiger partial charge in [-0.25, -0.2) is 0 Å². The highest BCUT2D eigenvalue weighted by Crippen LogP contribution is 2.30. The van der Waals surface area contributed by atoms with E-state index in [4.69, 9.17) is 0 Å². The fraction of sp³-hybridized carbons (Fsp3) is 0.682. The second-order valence-electron chi connectivity index (χ2n) is 8.56. The minimum atomic E-state index is 0.0621. The van der Waals surface area contributed by atoms with E-state index in [0.29, 0.717) is 24.4 Å². The fourth-order valence-corrected chi connectivity index (χ4v) is 4.74. The van der Waals surface area contributed by atoms with Crippen LogP contribution in [0.4, 0.5) is 0 Å². The van der Waals surface area contributed by atoms with Crippen molar-refractivity contribution in [2.24, 2.45) is 11.8 Å². The van der Waals surface area contributed by atoms with E-state index in [9.17, 15) is 9.59 Å². The van der Waals surface area contributed by atoms with E-state index in [1.807, 2.05) is 18.2 Å². The standard InChI is InChI=1S/C22H32N4O2/c27-21(24-15-19-8-1-2-11-23-19)18-7-4-12-26(16-18)20-9-13-25(14-10-20)22(28)17-5-3-6-17/h1-2,8,11,17-18,20H,3-7,9-10,12-16H2,(H,24,27)/t18-/m1/s1. The number of nitrogens with one attached hydrogen (secondary N) is 1. The highest BCUT2D eigenvalue weighted by Gasteiger charge is 2.35. The molecule has 28 heavy (non-hydrogen) atoms. The summed E-state index contributed by atoms with van der Waals surface area (Å²) in [4.78, 5) is 33.9. The molecule has 4 rings (SSSR count). The first-order valence-corrected chi connectivity index (χ1v) is 10.9. The van der Waals surface area contributed by atoms with Gasteiger partial charge in [-0.15, -0.1) is 0 Å². The number of aromatic nitrogens is 1. The van der Waals surface area contributed by atoms with Crippen molar-refractivity contribution in [1.82, 2.24) is 20.1 Å². The number of nitrogens with zero attached hydrogens (tertiary/aromatic N) is 3. The lowest BCUT2D eigenvalue weighted by molar-refractivity contribution is -0.139. The third-order valence-electron chi connectivity index (χ3n) is 6.74. The maximum atomic E-state index is 12.6. The van der Waals surface area contributed by atoms with Gasteiger partial charge in [-0.1, -0.05) is 12.5 Å². The number of piperidine rings is 2. The van der Waals surface area contributed by atoms with Crippen LogP contribution in [-0.2, 0) is 16.1 Å². The number of amides is 2.